The van der Waals surface area contributed by atoms with Gasteiger partial charge in [-0.2, -0.15) is 0 Å². The zero-order valence-electron chi connectivity index (χ0n) is 13.2. The van der Waals surface area contributed by atoms with Crippen molar-refractivity contribution in [1.82, 2.24) is 9.88 Å². The second kappa shape index (κ2) is 6.50. The van der Waals surface area contributed by atoms with Crippen molar-refractivity contribution >= 4 is 11.8 Å². The molecule has 0 unspecified atom stereocenters. The lowest BCUT2D eigenvalue weighted by atomic mass is 9.91. The van der Waals surface area contributed by atoms with Gasteiger partial charge >= 0.3 is 0 Å². The SMILES string of the molecule is c1cncc(CO[C@H]2CSC3(C2)CN(CC2CCCC2)C3)c1. The quantitative estimate of drug-likeness (QED) is 0.831. The van der Waals surface area contributed by atoms with Crippen LogP contribution in [0.5, 0.6) is 0 Å². The van der Waals surface area contributed by atoms with Crippen LogP contribution in [0.15, 0.2) is 24.5 Å². The molecular formula is C18H26N2OS. The molecule has 1 saturated carbocycles. The van der Waals surface area contributed by atoms with Crippen LogP contribution >= 0.6 is 11.8 Å². The third-order valence-electron chi connectivity index (χ3n) is 5.40. The molecule has 1 aromatic rings. The van der Waals surface area contributed by atoms with Gasteiger partial charge in [0.05, 0.1) is 12.7 Å². The molecule has 1 atom stereocenters. The van der Waals surface area contributed by atoms with E-state index in [0.29, 0.717) is 17.5 Å². The second-order valence-corrected chi connectivity index (χ2v) is 8.80. The number of thioether (sulfide) groups is 1. The highest BCUT2D eigenvalue weighted by Crippen LogP contribution is 2.46. The molecule has 4 rings (SSSR count). The van der Waals surface area contributed by atoms with Crippen LogP contribution in [0, 0.1) is 5.92 Å². The fourth-order valence-corrected chi connectivity index (χ4v) is 5.89. The van der Waals surface area contributed by atoms with Crippen LogP contribution in [-0.2, 0) is 11.3 Å². The average Bonchev–Trinajstić information content (AvgIpc) is 3.16. The summed E-state index contributed by atoms with van der Waals surface area (Å²) in [6, 6.07) is 4.08. The molecule has 1 aliphatic carbocycles. The van der Waals surface area contributed by atoms with Crippen molar-refractivity contribution in [3.05, 3.63) is 30.1 Å². The monoisotopic (exact) mass is 318 g/mol. The predicted octanol–water partition coefficient (Wildman–Crippen LogP) is 3.35. The predicted molar refractivity (Wildman–Crippen MR) is 91.0 cm³/mol. The molecule has 2 aliphatic heterocycles. The van der Waals surface area contributed by atoms with Crippen LogP contribution in [0.2, 0.25) is 0 Å². The molecule has 0 aromatic carbocycles. The summed E-state index contributed by atoms with van der Waals surface area (Å²) in [5.41, 5.74) is 1.19. The molecule has 1 spiro atoms. The largest absolute Gasteiger partial charge is 0.373 e. The van der Waals surface area contributed by atoms with E-state index >= 15 is 0 Å². The van der Waals surface area contributed by atoms with E-state index in [9.17, 15) is 0 Å². The molecule has 0 N–H and O–H groups in total. The highest BCUT2D eigenvalue weighted by Gasteiger charge is 2.49. The maximum atomic E-state index is 6.11. The van der Waals surface area contributed by atoms with Crippen molar-refractivity contribution in [1.29, 1.82) is 0 Å². The van der Waals surface area contributed by atoms with Gasteiger partial charge in [-0.25, -0.2) is 0 Å². The number of hydrogen-bond donors (Lipinski definition) is 0. The van der Waals surface area contributed by atoms with E-state index in [-0.39, 0.29) is 0 Å². The lowest BCUT2D eigenvalue weighted by molar-refractivity contribution is 0.0248. The molecule has 3 aliphatic rings. The first-order chi connectivity index (χ1) is 10.8. The molecular weight excluding hydrogens is 292 g/mol. The first kappa shape index (κ1) is 15.0. The molecule has 3 fully saturated rings. The molecule has 4 heteroatoms. The van der Waals surface area contributed by atoms with E-state index in [2.05, 4.69) is 27.7 Å². The fourth-order valence-electron chi connectivity index (χ4n) is 4.28. The van der Waals surface area contributed by atoms with Crippen LogP contribution in [0.4, 0.5) is 0 Å². The number of pyridine rings is 1. The first-order valence-electron chi connectivity index (χ1n) is 8.68. The Bertz CT molecular complexity index is 483. The smallest absolute Gasteiger partial charge is 0.0736 e. The third kappa shape index (κ3) is 3.34. The number of ether oxygens (including phenoxy) is 1. The van der Waals surface area contributed by atoms with Gasteiger partial charge in [0.15, 0.2) is 0 Å². The van der Waals surface area contributed by atoms with E-state index in [4.69, 9.17) is 4.74 Å². The summed E-state index contributed by atoms with van der Waals surface area (Å²) in [6.07, 6.45) is 11.2. The Morgan fingerprint density at radius 3 is 2.95 bits per heavy atom. The summed E-state index contributed by atoms with van der Waals surface area (Å²) in [6.45, 7) is 4.65. The summed E-state index contributed by atoms with van der Waals surface area (Å²) < 4.78 is 6.62. The highest BCUT2D eigenvalue weighted by molar-refractivity contribution is 8.01. The van der Waals surface area contributed by atoms with Gasteiger partial charge in [0.1, 0.15) is 0 Å². The molecule has 3 nitrogen and oxygen atoms in total. The number of nitrogens with zero attached hydrogens (tertiary/aromatic N) is 2. The Hall–Kier alpha value is -0.580. The van der Waals surface area contributed by atoms with Gasteiger partial charge in [0.2, 0.25) is 0 Å². The molecule has 0 bridgehead atoms. The zero-order valence-corrected chi connectivity index (χ0v) is 14.1. The summed E-state index contributed by atoms with van der Waals surface area (Å²) in [5, 5.41) is 0. The van der Waals surface area contributed by atoms with Crippen molar-refractivity contribution in [3.8, 4) is 0 Å². The van der Waals surface area contributed by atoms with Crippen molar-refractivity contribution in [2.75, 3.05) is 25.4 Å². The topological polar surface area (TPSA) is 25.4 Å². The van der Waals surface area contributed by atoms with E-state index < -0.39 is 0 Å². The zero-order chi connectivity index (χ0) is 14.8. The van der Waals surface area contributed by atoms with Gasteiger partial charge in [-0.3, -0.25) is 4.98 Å². The van der Waals surface area contributed by atoms with Crippen LogP contribution in [0.3, 0.4) is 0 Å². The minimum atomic E-state index is 0.429. The average molecular weight is 318 g/mol. The summed E-state index contributed by atoms with van der Waals surface area (Å²) >= 11 is 2.15. The van der Waals surface area contributed by atoms with Crippen LogP contribution in [-0.4, -0.2) is 46.1 Å². The van der Waals surface area contributed by atoms with Crippen molar-refractivity contribution < 1.29 is 4.74 Å². The Labute approximate surface area is 137 Å². The van der Waals surface area contributed by atoms with Crippen LogP contribution in [0.1, 0.15) is 37.7 Å². The minimum absolute atomic E-state index is 0.429. The second-order valence-electron chi connectivity index (χ2n) is 7.31. The van der Waals surface area contributed by atoms with Crippen molar-refractivity contribution in [2.24, 2.45) is 5.92 Å². The fraction of sp³-hybridized carbons (Fsp3) is 0.722. The maximum Gasteiger partial charge on any atom is 0.0736 e. The van der Waals surface area contributed by atoms with Gasteiger partial charge in [0, 0.05) is 42.5 Å². The number of rotatable bonds is 5. The van der Waals surface area contributed by atoms with Crippen LogP contribution < -0.4 is 0 Å². The Morgan fingerprint density at radius 2 is 2.18 bits per heavy atom. The Kier molecular flexibility index (Phi) is 4.43. The van der Waals surface area contributed by atoms with E-state index in [1.165, 1.54) is 57.3 Å². The molecule has 120 valence electrons. The number of aromatic nitrogens is 1. The molecule has 3 heterocycles. The first-order valence-corrected chi connectivity index (χ1v) is 9.67. The van der Waals surface area contributed by atoms with E-state index in [0.717, 1.165) is 11.7 Å². The highest BCUT2D eigenvalue weighted by atomic mass is 32.2. The number of likely N-dealkylation sites (tertiary alicyclic amines) is 1. The van der Waals surface area contributed by atoms with Gasteiger partial charge in [-0.15, -0.1) is 11.8 Å². The summed E-state index contributed by atoms with van der Waals surface area (Å²) in [7, 11) is 0. The molecule has 22 heavy (non-hydrogen) atoms. The molecule has 2 saturated heterocycles. The van der Waals surface area contributed by atoms with E-state index in [1.54, 1.807) is 0 Å². The summed E-state index contributed by atoms with van der Waals surface area (Å²) in [4.78, 5) is 6.84. The van der Waals surface area contributed by atoms with Gasteiger partial charge in [0.25, 0.3) is 0 Å². The molecule has 1 aromatic heterocycles. The normalized spacial score (nSPS) is 28.3. The van der Waals surface area contributed by atoms with Crippen molar-refractivity contribution in [2.45, 2.75) is 49.6 Å². The number of hydrogen-bond acceptors (Lipinski definition) is 4. The van der Waals surface area contributed by atoms with Gasteiger partial charge in [-0.05, 0) is 36.8 Å². The maximum absolute atomic E-state index is 6.11. The standard InChI is InChI=1S/C18H26N2OS/c1-2-5-15(4-1)10-20-13-18(14-20)8-17(12-22-18)21-11-16-6-3-7-19-9-16/h3,6-7,9,15,17H,1-2,4-5,8,10-14H2/t17-/m1/s1. The van der Waals surface area contributed by atoms with E-state index in [1.807, 2.05) is 18.5 Å². The lowest BCUT2D eigenvalue weighted by Crippen LogP contribution is -2.59. The Balaban J connectivity index is 1.20. The van der Waals surface area contributed by atoms with Crippen molar-refractivity contribution in [3.63, 3.8) is 0 Å². The van der Waals surface area contributed by atoms with Crippen LogP contribution in [0.25, 0.3) is 0 Å². The summed E-state index contributed by atoms with van der Waals surface area (Å²) in [5.74, 6) is 2.15. The Morgan fingerprint density at radius 1 is 1.32 bits per heavy atom. The van der Waals surface area contributed by atoms with Gasteiger partial charge < -0.3 is 9.64 Å². The molecule has 0 amide bonds. The lowest BCUT2D eigenvalue weighted by Gasteiger charge is -2.48. The minimum Gasteiger partial charge on any atom is -0.373 e. The third-order valence-corrected chi connectivity index (χ3v) is 6.97. The van der Waals surface area contributed by atoms with Gasteiger partial charge in [-0.1, -0.05) is 18.9 Å². The molecule has 0 radical (unpaired) electrons.